The van der Waals surface area contributed by atoms with Crippen molar-refractivity contribution in [1.82, 2.24) is 13.9 Å². The topological polar surface area (TPSA) is 120 Å². The minimum atomic E-state index is -3.69. The number of amides is 1. The molecule has 2 heterocycles. The second-order valence-electron chi connectivity index (χ2n) is 6.84. The molecule has 0 atom stereocenters. The molecule has 0 aliphatic carbocycles. The minimum Gasteiger partial charge on any atom is -0.464 e. The summed E-state index contributed by atoms with van der Waals surface area (Å²) < 4.78 is 38.7. The minimum absolute atomic E-state index is 0.0880. The molecule has 0 unspecified atom stereocenters. The van der Waals surface area contributed by atoms with Gasteiger partial charge in [0.1, 0.15) is 12.4 Å². The van der Waals surface area contributed by atoms with E-state index in [0.29, 0.717) is 43.4 Å². The highest BCUT2D eigenvalue weighted by Crippen LogP contribution is 2.24. The number of aryl methyl sites for hydroxylation is 2. The lowest BCUT2D eigenvalue weighted by Crippen LogP contribution is -2.40. The van der Waals surface area contributed by atoms with Gasteiger partial charge in [0.05, 0.1) is 25.2 Å². The standard InChI is InChI=1S/C19H24N4O6S/c1-13-4-5-15(10-17(13)30(26,27)23-6-8-29-9-7-23)21-18(24)12-22-11-16(19(25)28-3)20-14(22)2/h4-5,10-11H,6-9,12H2,1-3H3,(H,21,24). The zero-order valence-corrected chi connectivity index (χ0v) is 17.9. The molecule has 2 aromatic rings. The van der Waals surface area contributed by atoms with Crippen LogP contribution in [0.2, 0.25) is 0 Å². The summed E-state index contributed by atoms with van der Waals surface area (Å²) in [6.07, 6.45) is 1.43. The molecule has 1 fully saturated rings. The molecule has 1 aliphatic rings. The molecule has 1 aromatic heterocycles. The summed E-state index contributed by atoms with van der Waals surface area (Å²) in [6, 6.07) is 4.76. The van der Waals surface area contributed by atoms with Crippen molar-refractivity contribution in [3.05, 3.63) is 41.5 Å². The first-order chi connectivity index (χ1) is 14.2. The average molecular weight is 436 g/mol. The monoisotopic (exact) mass is 436 g/mol. The Hall–Kier alpha value is -2.76. The molecule has 11 heteroatoms. The average Bonchev–Trinajstić information content (AvgIpc) is 3.09. The van der Waals surface area contributed by atoms with E-state index in [0.717, 1.165) is 0 Å². The van der Waals surface area contributed by atoms with Gasteiger partial charge in [-0.15, -0.1) is 0 Å². The van der Waals surface area contributed by atoms with Crippen LogP contribution >= 0.6 is 0 Å². The third-order valence-electron chi connectivity index (χ3n) is 4.74. The first-order valence-corrected chi connectivity index (χ1v) is 10.8. The normalized spacial score (nSPS) is 15.0. The molecular formula is C19H24N4O6S. The number of methoxy groups -OCH3 is 1. The number of nitrogens with zero attached hydrogens (tertiary/aromatic N) is 3. The van der Waals surface area contributed by atoms with Gasteiger partial charge in [0.2, 0.25) is 15.9 Å². The molecule has 30 heavy (non-hydrogen) atoms. The van der Waals surface area contributed by atoms with Crippen LogP contribution < -0.4 is 5.32 Å². The number of carbonyl (C=O) groups is 2. The van der Waals surface area contributed by atoms with E-state index in [2.05, 4.69) is 15.0 Å². The molecule has 1 saturated heterocycles. The summed E-state index contributed by atoms with van der Waals surface area (Å²) >= 11 is 0. The Morgan fingerprint density at radius 3 is 2.60 bits per heavy atom. The van der Waals surface area contributed by atoms with Gasteiger partial charge in [-0.2, -0.15) is 4.31 Å². The summed E-state index contributed by atoms with van der Waals surface area (Å²) in [5, 5.41) is 2.70. The van der Waals surface area contributed by atoms with Crippen LogP contribution in [0.1, 0.15) is 21.9 Å². The molecule has 0 spiro atoms. The fraction of sp³-hybridized carbons (Fsp3) is 0.421. The van der Waals surface area contributed by atoms with E-state index in [1.807, 2.05) is 0 Å². The Balaban J connectivity index is 1.76. The largest absolute Gasteiger partial charge is 0.464 e. The van der Waals surface area contributed by atoms with E-state index in [9.17, 15) is 18.0 Å². The number of hydrogen-bond donors (Lipinski definition) is 1. The number of anilines is 1. The van der Waals surface area contributed by atoms with Gasteiger partial charge in [0.15, 0.2) is 5.69 Å². The van der Waals surface area contributed by atoms with Gasteiger partial charge in [-0.25, -0.2) is 18.2 Å². The third kappa shape index (κ3) is 4.69. The van der Waals surface area contributed by atoms with Crippen molar-refractivity contribution in [2.24, 2.45) is 0 Å². The fourth-order valence-electron chi connectivity index (χ4n) is 3.11. The SMILES string of the molecule is COC(=O)c1cn(CC(=O)Nc2ccc(C)c(S(=O)(=O)N3CCOCC3)c2)c(C)n1. The first-order valence-electron chi connectivity index (χ1n) is 9.33. The van der Waals surface area contributed by atoms with Crippen molar-refractivity contribution in [3.8, 4) is 0 Å². The van der Waals surface area contributed by atoms with E-state index in [1.165, 1.54) is 28.2 Å². The molecule has 1 amide bonds. The van der Waals surface area contributed by atoms with Crippen LogP contribution in [0.4, 0.5) is 5.69 Å². The molecule has 1 aromatic carbocycles. The lowest BCUT2D eigenvalue weighted by Gasteiger charge is -2.26. The van der Waals surface area contributed by atoms with Gasteiger partial charge >= 0.3 is 5.97 Å². The summed E-state index contributed by atoms with van der Waals surface area (Å²) in [4.78, 5) is 28.3. The molecule has 10 nitrogen and oxygen atoms in total. The van der Waals surface area contributed by atoms with Crippen LogP contribution in [0.5, 0.6) is 0 Å². The highest BCUT2D eigenvalue weighted by atomic mass is 32.2. The molecule has 3 rings (SSSR count). The maximum Gasteiger partial charge on any atom is 0.358 e. The van der Waals surface area contributed by atoms with Crippen molar-refractivity contribution >= 4 is 27.6 Å². The maximum absolute atomic E-state index is 13.0. The molecule has 1 aliphatic heterocycles. The Morgan fingerprint density at radius 1 is 1.23 bits per heavy atom. The van der Waals surface area contributed by atoms with Gasteiger partial charge in [-0.1, -0.05) is 6.07 Å². The van der Waals surface area contributed by atoms with Crippen LogP contribution in [0.3, 0.4) is 0 Å². The van der Waals surface area contributed by atoms with Crippen molar-refractivity contribution in [3.63, 3.8) is 0 Å². The quantitative estimate of drug-likeness (QED) is 0.669. The van der Waals surface area contributed by atoms with E-state index in [-0.39, 0.29) is 23.0 Å². The van der Waals surface area contributed by atoms with Crippen molar-refractivity contribution in [2.45, 2.75) is 25.3 Å². The molecule has 162 valence electrons. The molecule has 1 N–H and O–H groups in total. The van der Waals surface area contributed by atoms with Gasteiger partial charge in [-0.3, -0.25) is 4.79 Å². The molecular weight excluding hydrogens is 412 g/mol. The van der Waals surface area contributed by atoms with Crippen molar-refractivity contribution in [2.75, 3.05) is 38.7 Å². The second-order valence-corrected chi connectivity index (χ2v) is 8.74. The van der Waals surface area contributed by atoms with Gasteiger partial charge in [0.25, 0.3) is 0 Å². The number of morpholine rings is 1. The lowest BCUT2D eigenvalue weighted by molar-refractivity contribution is -0.116. The number of carbonyl (C=O) groups excluding carboxylic acids is 2. The fourth-order valence-corrected chi connectivity index (χ4v) is 4.77. The zero-order chi connectivity index (χ0) is 21.9. The molecule has 0 radical (unpaired) electrons. The summed E-state index contributed by atoms with van der Waals surface area (Å²) in [5.41, 5.74) is 1.06. The van der Waals surface area contributed by atoms with E-state index in [4.69, 9.17) is 4.74 Å². The molecule has 0 saturated carbocycles. The molecule has 0 bridgehead atoms. The zero-order valence-electron chi connectivity index (χ0n) is 17.0. The Labute approximate surface area is 174 Å². The van der Waals surface area contributed by atoms with Crippen LogP contribution in [0.15, 0.2) is 29.3 Å². The Kier molecular flexibility index (Phi) is 6.54. The van der Waals surface area contributed by atoms with E-state index >= 15 is 0 Å². The number of esters is 1. The highest BCUT2D eigenvalue weighted by Gasteiger charge is 2.28. The second kappa shape index (κ2) is 8.94. The van der Waals surface area contributed by atoms with Crippen molar-refractivity contribution < 1.29 is 27.5 Å². The summed E-state index contributed by atoms with van der Waals surface area (Å²) in [6.45, 7) is 4.58. The highest BCUT2D eigenvalue weighted by molar-refractivity contribution is 7.89. The smallest absolute Gasteiger partial charge is 0.358 e. The van der Waals surface area contributed by atoms with E-state index in [1.54, 1.807) is 26.0 Å². The number of hydrogen-bond acceptors (Lipinski definition) is 7. The van der Waals surface area contributed by atoms with Crippen LogP contribution in [0.25, 0.3) is 0 Å². The number of rotatable bonds is 6. The van der Waals surface area contributed by atoms with Crippen LogP contribution in [-0.4, -0.2) is 67.6 Å². The third-order valence-corrected chi connectivity index (χ3v) is 6.78. The van der Waals surface area contributed by atoms with Crippen molar-refractivity contribution in [1.29, 1.82) is 0 Å². The number of ether oxygens (including phenoxy) is 2. The van der Waals surface area contributed by atoms with E-state index < -0.39 is 16.0 Å². The van der Waals surface area contributed by atoms with Crippen LogP contribution in [0, 0.1) is 13.8 Å². The number of imidazole rings is 1. The summed E-state index contributed by atoms with van der Waals surface area (Å²) in [5.74, 6) is -0.496. The Bertz CT molecular complexity index is 1060. The van der Waals surface area contributed by atoms with Gasteiger partial charge < -0.3 is 19.4 Å². The first kappa shape index (κ1) is 21.9. The predicted molar refractivity (Wildman–Crippen MR) is 108 cm³/mol. The summed E-state index contributed by atoms with van der Waals surface area (Å²) in [7, 11) is -2.44. The predicted octanol–water partition coefficient (Wildman–Crippen LogP) is 0.946. The number of nitrogens with one attached hydrogen (secondary N) is 1. The van der Waals surface area contributed by atoms with Gasteiger partial charge in [-0.05, 0) is 31.5 Å². The maximum atomic E-state index is 13.0. The Morgan fingerprint density at radius 2 is 1.93 bits per heavy atom. The number of aromatic nitrogens is 2. The lowest BCUT2D eigenvalue weighted by atomic mass is 10.2. The number of sulfonamides is 1. The number of benzene rings is 1. The van der Waals surface area contributed by atoms with Crippen LogP contribution in [-0.2, 0) is 30.8 Å². The van der Waals surface area contributed by atoms with Gasteiger partial charge in [0, 0.05) is 25.0 Å².